The number of nitrogens with zero attached hydrogens (tertiary/aromatic N) is 6. The van der Waals surface area contributed by atoms with Gasteiger partial charge < -0.3 is 34.0 Å². The molecule has 0 saturated carbocycles. The van der Waals surface area contributed by atoms with Crippen LogP contribution in [0.2, 0.25) is 0 Å². The van der Waals surface area contributed by atoms with Crippen molar-refractivity contribution in [3.05, 3.63) is 143 Å². The first kappa shape index (κ1) is 42.3. The SMILES string of the molecule is CCN(CC)c1ccc2c(c1)Oc1cc(N(CC)CC)ccc1C21c2ccc(-c3ccc(N4C(=O)c5cccc6c(N7CCOCC7)ccc(c56)C4=O)cc3)cc2C(=O)N1CCN(C)C. The van der Waals surface area contributed by atoms with Crippen LogP contribution in [0.1, 0.15) is 75.5 Å². The summed E-state index contributed by atoms with van der Waals surface area (Å²) >= 11 is 0. The van der Waals surface area contributed by atoms with Gasteiger partial charge in [0, 0.05) is 120 Å². The average Bonchev–Trinajstić information content (AvgIpc) is 3.57. The van der Waals surface area contributed by atoms with Gasteiger partial charge in [0.1, 0.15) is 17.0 Å². The minimum Gasteiger partial charge on any atom is -0.456 e. The van der Waals surface area contributed by atoms with E-state index in [0.29, 0.717) is 54.1 Å². The van der Waals surface area contributed by atoms with E-state index in [1.165, 1.54) is 4.90 Å². The van der Waals surface area contributed by atoms with Gasteiger partial charge in [-0.1, -0.05) is 48.5 Å². The normalized spacial score (nSPS) is 16.0. The fourth-order valence-electron chi connectivity index (χ4n) is 10.6. The third-order valence-corrected chi connectivity index (χ3v) is 13.9. The minimum atomic E-state index is -0.950. The Balaban J connectivity index is 1.05. The Morgan fingerprint density at radius 2 is 1.18 bits per heavy atom. The second-order valence-electron chi connectivity index (χ2n) is 17.5. The summed E-state index contributed by atoms with van der Waals surface area (Å²) in [5, 5.41) is 1.59. The van der Waals surface area contributed by atoms with Crippen molar-refractivity contribution in [1.29, 1.82) is 0 Å². The lowest BCUT2D eigenvalue weighted by molar-refractivity contribution is 0.0649. The van der Waals surface area contributed by atoms with Crippen LogP contribution in [-0.4, -0.2) is 107 Å². The summed E-state index contributed by atoms with van der Waals surface area (Å²) in [6, 6.07) is 36.2. The molecule has 11 nitrogen and oxygen atoms in total. The molecule has 6 aromatic carbocycles. The molecule has 0 bridgehead atoms. The maximum Gasteiger partial charge on any atom is 0.265 e. The predicted molar refractivity (Wildman–Crippen MR) is 260 cm³/mol. The quantitative estimate of drug-likeness (QED) is 0.112. The van der Waals surface area contributed by atoms with Gasteiger partial charge in [0.15, 0.2) is 0 Å². The molecule has 10 rings (SSSR count). The number of likely N-dealkylation sites (N-methyl/N-ethyl adjacent to an activating group) is 1. The molecular formula is C54H56N6O5. The Bertz CT molecular complexity index is 2780. The summed E-state index contributed by atoms with van der Waals surface area (Å²) < 4.78 is 12.5. The number of benzene rings is 6. The first-order valence-electron chi connectivity index (χ1n) is 23.1. The third kappa shape index (κ3) is 6.65. The molecule has 0 radical (unpaired) electrons. The van der Waals surface area contributed by atoms with Crippen molar-refractivity contribution in [1.82, 2.24) is 9.80 Å². The van der Waals surface area contributed by atoms with Crippen molar-refractivity contribution in [3.63, 3.8) is 0 Å². The lowest BCUT2D eigenvalue weighted by atomic mass is 9.74. The predicted octanol–water partition coefficient (Wildman–Crippen LogP) is 9.25. The fourth-order valence-corrected chi connectivity index (χ4v) is 10.6. The van der Waals surface area contributed by atoms with Crippen LogP contribution in [0.5, 0.6) is 11.5 Å². The third-order valence-electron chi connectivity index (χ3n) is 13.9. The summed E-state index contributed by atoms with van der Waals surface area (Å²) in [6.45, 7) is 16.0. The zero-order valence-corrected chi connectivity index (χ0v) is 38.2. The Kier molecular flexibility index (Phi) is 10.9. The highest BCUT2D eigenvalue weighted by Crippen LogP contribution is 2.58. The van der Waals surface area contributed by atoms with E-state index in [1.807, 2.05) is 74.8 Å². The first-order chi connectivity index (χ1) is 31.6. The van der Waals surface area contributed by atoms with Gasteiger partial charge in [-0.25, -0.2) is 4.90 Å². The molecule has 4 heterocycles. The molecule has 4 aliphatic heterocycles. The Morgan fingerprint density at radius 3 is 1.78 bits per heavy atom. The summed E-state index contributed by atoms with van der Waals surface area (Å²) in [6.07, 6.45) is 0. The number of ether oxygens (including phenoxy) is 2. The highest BCUT2D eigenvalue weighted by molar-refractivity contribution is 6.36. The summed E-state index contributed by atoms with van der Waals surface area (Å²) in [5.41, 5.74) is 8.83. The molecule has 4 aliphatic rings. The topological polar surface area (TPSA) is 89.1 Å². The van der Waals surface area contributed by atoms with Crippen molar-refractivity contribution in [3.8, 4) is 22.6 Å². The lowest BCUT2D eigenvalue weighted by Gasteiger charge is -2.45. The minimum absolute atomic E-state index is 0.0473. The molecule has 0 aromatic heterocycles. The van der Waals surface area contributed by atoms with E-state index in [1.54, 1.807) is 0 Å². The molecule has 6 aromatic rings. The van der Waals surface area contributed by atoms with Gasteiger partial charge in [0.25, 0.3) is 17.7 Å². The number of imide groups is 1. The maximum atomic E-state index is 15.2. The van der Waals surface area contributed by atoms with Crippen molar-refractivity contribution >= 4 is 51.2 Å². The summed E-state index contributed by atoms with van der Waals surface area (Å²) in [7, 11) is 4.07. The molecule has 0 unspecified atom stereocenters. The van der Waals surface area contributed by atoms with Crippen LogP contribution in [0, 0.1) is 0 Å². The Labute approximate surface area is 381 Å². The second-order valence-corrected chi connectivity index (χ2v) is 17.5. The second kappa shape index (κ2) is 16.7. The number of rotatable bonds is 12. The van der Waals surface area contributed by atoms with Crippen LogP contribution in [-0.2, 0) is 10.3 Å². The van der Waals surface area contributed by atoms with Gasteiger partial charge in [-0.15, -0.1) is 0 Å². The molecule has 1 fully saturated rings. The van der Waals surface area contributed by atoms with Gasteiger partial charge in [0.05, 0.1) is 18.9 Å². The number of carbonyl (C=O) groups excluding carboxylic acids is 3. The zero-order chi connectivity index (χ0) is 45.1. The van der Waals surface area contributed by atoms with Gasteiger partial charge in [0.2, 0.25) is 0 Å². The van der Waals surface area contributed by atoms with Crippen molar-refractivity contribution < 1.29 is 23.9 Å². The average molecular weight is 869 g/mol. The van der Waals surface area contributed by atoms with Gasteiger partial charge in [-0.3, -0.25) is 14.4 Å². The van der Waals surface area contributed by atoms with Crippen molar-refractivity contribution in [2.75, 3.05) is 99.3 Å². The molecule has 0 N–H and O–H groups in total. The van der Waals surface area contributed by atoms with E-state index in [2.05, 4.69) is 101 Å². The number of carbonyl (C=O) groups is 3. The molecule has 65 heavy (non-hydrogen) atoms. The summed E-state index contributed by atoms with van der Waals surface area (Å²) in [5.74, 6) is 0.737. The maximum absolute atomic E-state index is 15.2. The highest BCUT2D eigenvalue weighted by atomic mass is 16.5. The summed E-state index contributed by atoms with van der Waals surface area (Å²) in [4.78, 5) is 56.0. The smallest absolute Gasteiger partial charge is 0.265 e. The number of hydrogen-bond donors (Lipinski definition) is 0. The Hall–Kier alpha value is -6.69. The fraction of sp³-hybridized carbons (Fsp3) is 0.315. The number of fused-ring (bicyclic) bond motifs is 6. The highest BCUT2D eigenvalue weighted by Gasteiger charge is 2.56. The zero-order valence-electron chi connectivity index (χ0n) is 38.2. The molecule has 0 aliphatic carbocycles. The van der Waals surface area contributed by atoms with Crippen LogP contribution >= 0.6 is 0 Å². The Morgan fingerprint density at radius 1 is 0.600 bits per heavy atom. The van der Waals surface area contributed by atoms with Crippen LogP contribution in [0.25, 0.3) is 21.9 Å². The van der Waals surface area contributed by atoms with Gasteiger partial charge in [-0.05, 0) is 107 Å². The number of anilines is 4. The van der Waals surface area contributed by atoms with Gasteiger partial charge in [-0.2, -0.15) is 0 Å². The van der Waals surface area contributed by atoms with E-state index in [9.17, 15) is 9.59 Å². The number of hydrogen-bond acceptors (Lipinski definition) is 9. The molecule has 0 atom stereocenters. The first-order valence-corrected chi connectivity index (χ1v) is 23.1. The van der Waals surface area contributed by atoms with Crippen LogP contribution < -0.4 is 24.3 Å². The van der Waals surface area contributed by atoms with Crippen LogP contribution in [0.3, 0.4) is 0 Å². The molecule has 1 saturated heterocycles. The number of morpholine rings is 1. The molecule has 1 spiro atoms. The molecule has 11 heteroatoms. The van der Waals surface area contributed by atoms with Crippen molar-refractivity contribution in [2.24, 2.45) is 0 Å². The van der Waals surface area contributed by atoms with E-state index < -0.39 is 5.54 Å². The standard InChI is InChI=1S/C54H56N6O5/c1-7-56(8-2)38-19-23-45-48(33-38)65-49-34-39(57(9-3)10-4)20-24-46(49)54(45)44-22-16-36(32-43(44)51(61)59(54)27-26-55(5)6)35-14-17-37(18-15-35)60-52(62)41-13-11-12-40-47(58-28-30-64-31-29-58)25-21-42(50(40)41)53(60)63/h11-25,32-34H,7-10,26-31H2,1-6H3. The molecule has 332 valence electrons. The van der Waals surface area contributed by atoms with Gasteiger partial charge >= 0.3 is 0 Å². The van der Waals surface area contributed by atoms with Crippen LogP contribution in [0.4, 0.5) is 22.7 Å². The molecular weight excluding hydrogens is 813 g/mol. The van der Waals surface area contributed by atoms with E-state index in [4.69, 9.17) is 9.47 Å². The lowest BCUT2D eigenvalue weighted by Crippen LogP contribution is -2.49. The van der Waals surface area contributed by atoms with E-state index in [0.717, 1.165) is 101 Å². The van der Waals surface area contributed by atoms with Crippen LogP contribution in [0.15, 0.2) is 109 Å². The largest absolute Gasteiger partial charge is 0.456 e. The number of amides is 3. The monoisotopic (exact) mass is 868 g/mol. The van der Waals surface area contributed by atoms with Crippen molar-refractivity contribution in [2.45, 2.75) is 33.2 Å². The molecule has 3 amide bonds. The van der Waals surface area contributed by atoms with E-state index in [-0.39, 0.29) is 17.7 Å². The van der Waals surface area contributed by atoms with E-state index >= 15 is 4.79 Å².